The van der Waals surface area contributed by atoms with Crippen molar-refractivity contribution in [2.24, 2.45) is 5.10 Å². The fourth-order valence-corrected chi connectivity index (χ4v) is 3.06. The van der Waals surface area contributed by atoms with Crippen molar-refractivity contribution in [1.82, 2.24) is 15.2 Å². The molecule has 1 N–H and O–H groups in total. The number of nitrogens with zero attached hydrogens (tertiary/aromatic N) is 3. The van der Waals surface area contributed by atoms with Gasteiger partial charge in [0, 0.05) is 15.7 Å². The van der Waals surface area contributed by atoms with Crippen LogP contribution in [-0.4, -0.2) is 21.9 Å². The van der Waals surface area contributed by atoms with Crippen LogP contribution in [0.25, 0.3) is 0 Å². The van der Waals surface area contributed by atoms with Crippen molar-refractivity contribution in [3.05, 3.63) is 85.5 Å². The van der Waals surface area contributed by atoms with Crippen LogP contribution in [-0.2, 0) is 6.54 Å². The molecule has 26 heavy (non-hydrogen) atoms. The minimum Gasteiger partial charge on any atom is -0.266 e. The largest absolute Gasteiger partial charge is 0.293 e. The number of aromatic nitrogens is 2. The Bertz CT molecular complexity index is 937. The smallest absolute Gasteiger partial charge is 0.266 e. The SMILES string of the molecule is O=C(NN=Cc1ccc(Cl)cc1)c1nn(Cc2ccc(Br)cc2)cc1Br. The zero-order valence-electron chi connectivity index (χ0n) is 13.4. The molecule has 0 aliphatic heterocycles. The number of carbonyl (C=O) groups excluding carboxylic acids is 1. The number of hydrogen-bond donors (Lipinski definition) is 1. The number of rotatable bonds is 5. The molecule has 0 radical (unpaired) electrons. The molecule has 3 aromatic rings. The lowest BCUT2D eigenvalue weighted by Crippen LogP contribution is -2.19. The summed E-state index contributed by atoms with van der Waals surface area (Å²) < 4.78 is 3.32. The van der Waals surface area contributed by atoms with Gasteiger partial charge in [0.05, 0.1) is 17.2 Å². The van der Waals surface area contributed by atoms with Gasteiger partial charge in [-0.05, 0) is 51.3 Å². The molecule has 132 valence electrons. The lowest BCUT2D eigenvalue weighted by molar-refractivity contribution is 0.0948. The van der Waals surface area contributed by atoms with Crippen LogP contribution in [0.1, 0.15) is 21.6 Å². The molecule has 5 nitrogen and oxygen atoms in total. The summed E-state index contributed by atoms with van der Waals surface area (Å²) >= 11 is 12.6. The molecule has 0 atom stereocenters. The first-order chi connectivity index (χ1) is 12.5. The maximum absolute atomic E-state index is 12.3. The Morgan fingerprint density at radius 2 is 1.85 bits per heavy atom. The highest BCUT2D eigenvalue weighted by atomic mass is 79.9. The predicted molar refractivity (Wildman–Crippen MR) is 110 cm³/mol. The average Bonchev–Trinajstić information content (AvgIpc) is 2.99. The summed E-state index contributed by atoms with van der Waals surface area (Å²) in [6.07, 6.45) is 3.31. The van der Waals surface area contributed by atoms with Crippen LogP contribution in [0.5, 0.6) is 0 Å². The van der Waals surface area contributed by atoms with Crippen molar-refractivity contribution in [3.8, 4) is 0 Å². The van der Waals surface area contributed by atoms with Gasteiger partial charge < -0.3 is 0 Å². The molecule has 0 saturated heterocycles. The lowest BCUT2D eigenvalue weighted by Gasteiger charge is -2.02. The summed E-state index contributed by atoms with van der Waals surface area (Å²) in [4.78, 5) is 12.3. The number of halogens is 3. The van der Waals surface area contributed by atoms with Crippen LogP contribution in [0.4, 0.5) is 0 Å². The Kier molecular flexibility index (Phi) is 6.24. The first-order valence-electron chi connectivity index (χ1n) is 7.57. The molecule has 2 aromatic carbocycles. The van der Waals surface area contributed by atoms with Crippen molar-refractivity contribution in [3.63, 3.8) is 0 Å². The van der Waals surface area contributed by atoms with E-state index in [1.807, 2.05) is 24.3 Å². The van der Waals surface area contributed by atoms with Crippen molar-refractivity contribution >= 4 is 55.6 Å². The maximum Gasteiger partial charge on any atom is 0.293 e. The number of nitrogens with one attached hydrogen (secondary N) is 1. The van der Waals surface area contributed by atoms with E-state index in [0.717, 1.165) is 15.6 Å². The van der Waals surface area contributed by atoms with E-state index in [1.165, 1.54) is 0 Å². The molecule has 0 bridgehead atoms. The minimum atomic E-state index is -0.392. The molecule has 0 aliphatic rings. The molecule has 1 aromatic heterocycles. The summed E-state index contributed by atoms with van der Waals surface area (Å²) in [6, 6.07) is 15.0. The Morgan fingerprint density at radius 3 is 2.54 bits per heavy atom. The van der Waals surface area contributed by atoms with Gasteiger partial charge in [0.2, 0.25) is 0 Å². The van der Waals surface area contributed by atoms with Crippen molar-refractivity contribution in [2.75, 3.05) is 0 Å². The van der Waals surface area contributed by atoms with Gasteiger partial charge in [-0.1, -0.05) is 51.8 Å². The molecule has 0 aliphatic carbocycles. The summed E-state index contributed by atoms with van der Waals surface area (Å²) in [5.41, 5.74) is 4.65. The normalized spacial score (nSPS) is 11.0. The number of benzene rings is 2. The second kappa shape index (κ2) is 8.62. The molecule has 0 fully saturated rings. The molecular weight excluding hydrogens is 483 g/mol. The molecule has 1 heterocycles. The molecule has 0 unspecified atom stereocenters. The van der Waals surface area contributed by atoms with Crippen LogP contribution < -0.4 is 5.43 Å². The molecule has 0 saturated carbocycles. The van der Waals surface area contributed by atoms with E-state index in [-0.39, 0.29) is 5.69 Å². The highest BCUT2D eigenvalue weighted by Gasteiger charge is 2.14. The van der Waals surface area contributed by atoms with Gasteiger partial charge in [0.25, 0.3) is 5.91 Å². The van der Waals surface area contributed by atoms with Crippen LogP contribution >= 0.6 is 43.5 Å². The van der Waals surface area contributed by atoms with Crippen molar-refractivity contribution < 1.29 is 4.79 Å². The van der Waals surface area contributed by atoms with Crippen LogP contribution in [0.3, 0.4) is 0 Å². The number of carbonyl (C=O) groups is 1. The first-order valence-corrected chi connectivity index (χ1v) is 9.54. The van der Waals surface area contributed by atoms with Gasteiger partial charge in [-0.2, -0.15) is 10.2 Å². The number of hydrogen-bond acceptors (Lipinski definition) is 3. The van der Waals surface area contributed by atoms with Gasteiger partial charge in [-0.25, -0.2) is 5.43 Å². The van der Waals surface area contributed by atoms with E-state index in [4.69, 9.17) is 11.6 Å². The summed E-state index contributed by atoms with van der Waals surface area (Å²) in [5, 5.41) is 8.91. The summed E-state index contributed by atoms with van der Waals surface area (Å²) in [6.45, 7) is 0.563. The molecule has 0 spiro atoms. The molecular formula is C18H13Br2ClN4O. The van der Waals surface area contributed by atoms with Gasteiger partial charge in [0.1, 0.15) is 0 Å². The number of amides is 1. The first kappa shape index (κ1) is 18.8. The third kappa shape index (κ3) is 5.03. The third-order valence-corrected chi connectivity index (χ3v) is 4.80. The fraction of sp³-hybridized carbons (Fsp3) is 0.0556. The topological polar surface area (TPSA) is 59.3 Å². The molecule has 8 heteroatoms. The molecule has 1 amide bonds. The van der Waals surface area contributed by atoms with E-state index >= 15 is 0 Å². The second-order valence-corrected chi connectivity index (χ2v) is 7.61. The van der Waals surface area contributed by atoms with Gasteiger partial charge in [-0.15, -0.1) is 0 Å². The highest BCUT2D eigenvalue weighted by Crippen LogP contribution is 2.17. The zero-order chi connectivity index (χ0) is 18.5. The van der Waals surface area contributed by atoms with Crippen LogP contribution in [0.15, 0.2) is 68.8 Å². The Hall–Kier alpha value is -1.96. The van der Waals surface area contributed by atoms with E-state index in [9.17, 15) is 4.79 Å². The minimum absolute atomic E-state index is 0.273. The Morgan fingerprint density at radius 1 is 1.15 bits per heavy atom. The van der Waals surface area contributed by atoms with Crippen molar-refractivity contribution in [2.45, 2.75) is 6.54 Å². The van der Waals surface area contributed by atoms with E-state index in [1.54, 1.807) is 41.4 Å². The van der Waals surface area contributed by atoms with Crippen LogP contribution in [0.2, 0.25) is 5.02 Å². The average molecular weight is 497 g/mol. The zero-order valence-corrected chi connectivity index (χ0v) is 17.3. The highest BCUT2D eigenvalue weighted by molar-refractivity contribution is 9.10. The summed E-state index contributed by atoms with van der Waals surface area (Å²) in [7, 11) is 0. The maximum atomic E-state index is 12.3. The van der Waals surface area contributed by atoms with E-state index < -0.39 is 5.91 Å². The van der Waals surface area contributed by atoms with Gasteiger partial charge in [-0.3, -0.25) is 9.48 Å². The predicted octanol–water partition coefficient (Wildman–Crippen LogP) is 4.87. The third-order valence-electron chi connectivity index (χ3n) is 3.44. The summed E-state index contributed by atoms with van der Waals surface area (Å²) in [5.74, 6) is -0.392. The van der Waals surface area contributed by atoms with Gasteiger partial charge >= 0.3 is 0 Å². The standard InChI is InChI=1S/C18H13Br2ClN4O/c19-14-5-1-13(2-6-14)10-25-11-16(20)17(24-25)18(26)23-22-9-12-3-7-15(21)8-4-12/h1-9,11H,10H2,(H,23,26). The van der Waals surface area contributed by atoms with E-state index in [0.29, 0.717) is 16.0 Å². The fourth-order valence-electron chi connectivity index (χ4n) is 2.18. The Labute approximate surface area is 172 Å². The quantitative estimate of drug-likeness (QED) is 0.405. The second-order valence-electron chi connectivity index (χ2n) is 5.40. The monoisotopic (exact) mass is 494 g/mol. The van der Waals surface area contributed by atoms with Crippen molar-refractivity contribution in [1.29, 1.82) is 0 Å². The Balaban J connectivity index is 1.65. The lowest BCUT2D eigenvalue weighted by atomic mass is 10.2. The number of hydrazone groups is 1. The molecule has 3 rings (SSSR count). The van der Waals surface area contributed by atoms with Crippen LogP contribution in [0, 0.1) is 0 Å². The van der Waals surface area contributed by atoms with E-state index in [2.05, 4.69) is 47.5 Å². The van der Waals surface area contributed by atoms with Gasteiger partial charge in [0.15, 0.2) is 5.69 Å².